The highest BCUT2D eigenvalue weighted by molar-refractivity contribution is 5.13. The van der Waals surface area contributed by atoms with Crippen molar-refractivity contribution < 1.29 is 4.74 Å². The molecule has 2 rings (SSSR count). The van der Waals surface area contributed by atoms with Gasteiger partial charge in [0.05, 0.1) is 12.7 Å². The minimum atomic E-state index is 0.253. The first-order valence-electron chi connectivity index (χ1n) is 6.83. The first-order chi connectivity index (χ1) is 7.77. The molecule has 1 heterocycles. The molecule has 1 fully saturated rings. The molecule has 2 N–H and O–H groups in total. The van der Waals surface area contributed by atoms with Gasteiger partial charge in [0.15, 0.2) is 0 Å². The minimum Gasteiger partial charge on any atom is -0.378 e. The Hall–Kier alpha value is -0.340. The molecule has 2 heteroatoms. The van der Waals surface area contributed by atoms with Crippen LogP contribution in [0.3, 0.4) is 0 Å². The van der Waals surface area contributed by atoms with Crippen LogP contribution in [0, 0.1) is 5.92 Å². The molecule has 0 saturated carbocycles. The molecular formula is C14H25NO. The van der Waals surface area contributed by atoms with E-state index in [2.05, 4.69) is 13.0 Å². The molecule has 0 radical (unpaired) electrons. The first kappa shape index (κ1) is 12.1. The maximum absolute atomic E-state index is 6.39. The van der Waals surface area contributed by atoms with Crippen molar-refractivity contribution in [2.45, 2.75) is 64.0 Å². The third kappa shape index (κ3) is 3.08. The van der Waals surface area contributed by atoms with Gasteiger partial charge in [-0.2, -0.15) is 0 Å². The fourth-order valence-corrected chi connectivity index (χ4v) is 2.92. The van der Waals surface area contributed by atoms with E-state index < -0.39 is 0 Å². The summed E-state index contributed by atoms with van der Waals surface area (Å²) in [6.45, 7) is 3.01. The zero-order valence-corrected chi connectivity index (χ0v) is 10.5. The van der Waals surface area contributed by atoms with Gasteiger partial charge in [0.1, 0.15) is 0 Å². The van der Waals surface area contributed by atoms with Gasteiger partial charge in [-0.05, 0) is 39.0 Å². The summed E-state index contributed by atoms with van der Waals surface area (Å²) in [6, 6.07) is 0.253. The molecule has 16 heavy (non-hydrogen) atoms. The topological polar surface area (TPSA) is 35.2 Å². The highest BCUT2D eigenvalue weighted by Crippen LogP contribution is 2.28. The van der Waals surface area contributed by atoms with E-state index in [4.69, 9.17) is 10.5 Å². The zero-order valence-electron chi connectivity index (χ0n) is 10.5. The largest absolute Gasteiger partial charge is 0.378 e. The summed E-state index contributed by atoms with van der Waals surface area (Å²) >= 11 is 0. The van der Waals surface area contributed by atoms with Gasteiger partial charge in [0.25, 0.3) is 0 Å². The smallest absolute Gasteiger partial charge is 0.0551 e. The normalized spacial score (nSPS) is 34.0. The monoisotopic (exact) mass is 223 g/mol. The van der Waals surface area contributed by atoms with Crippen molar-refractivity contribution in [3.63, 3.8) is 0 Å². The minimum absolute atomic E-state index is 0.253. The molecule has 1 saturated heterocycles. The lowest BCUT2D eigenvalue weighted by atomic mass is 9.87. The average molecular weight is 223 g/mol. The van der Waals surface area contributed by atoms with Gasteiger partial charge in [-0.3, -0.25) is 0 Å². The maximum Gasteiger partial charge on any atom is 0.0551 e. The van der Waals surface area contributed by atoms with E-state index in [-0.39, 0.29) is 6.04 Å². The highest BCUT2D eigenvalue weighted by atomic mass is 16.5. The molecule has 0 aromatic rings. The SMILES string of the molecule is CC1CC(C(N)C2=CCCCCCC2)CO1. The Morgan fingerprint density at radius 3 is 2.88 bits per heavy atom. The fraction of sp³-hybridized carbons (Fsp3) is 0.857. The second-order valence-corrected chi connectivity index (χ2v) is 5.40. The molecule has 1 aliphatic heterocycles. The van der Waals surface area contributed by atoms with Crippen LogP contribution in [0.25, 0.3) is 0 Å². The molecule has 0 bridgehead atoms. The summed E-state index contributed by atoms with van der Waals surface area (Å²) in [5.74, 6) is 0.556. The van der Waals surface area contributed by atoms with Gasteiger partial charge >= 0.3 is 0 Å². The van der Waals surface area contributed by atoms with Gasteiger partial charge in [0, 0.05) is 12.0 Å². The molecule has 1 aliphatic carbocycles. The third-order valence-electron chi connectivity index (χ3n) is 3.99. The van der Waals surface area contributed by atoms with Gasteiger partial charge < -0.3 is 10.5 Å². The number of hydrogen-bond donors (Lipinski definition) is 1. The van der Waals surface area contributed by atoms with E-state index >= 15 is 0 Å². The van der Waals surface area contributed by atoms with Gasteiger partial charge in [-0.1, -0.05) is 24.5 Å². The molecule has 0 amide bonds. The summed E-state index contributed by atoms with van der Waals surface area (Å²) in [6.07, 6.45) is 11.8. The lowest BCUT2D eigenvalue weighted by Crippen LogP contribution is -2.32. The molecule has 0 aromatic carbocycles. The molecule has 0 aromatic heterocycles. The number of ether oxygens (including phenoxy) is 1. The standard InChI is InChI=1S/C14H25NO/c1-11-9-13(10-16-11)14(15)12-7-5-3-2-4-6-8-12/h7,11,13-14H,2-6,8-10,15H2,1H3. The summed E-state index contributed by atoms with van der Waals surface area (Å²) < 4.78 is 5.63. The molecule has 3 unspecified atom stereocenters. The average Bonchev–Trinajstić information content (AvgIpc) is 2.63. The van der Waals surface area contributed by atoms with Crippen LogP contribution in [0.4, 0.5) is 0 Å². The van der Waals surface area contributed by atoms with Gasteiger partial charge in [0.2, 0.25) is 0 Å². The van der Waals surface area contributed by atoms with Crippen LogP contribution in [0.2, 0.25) is 0 Å². The lowest BCUT2D eigenvalue weighted by molar-refractivity contribution is 0.119. The van der Waals surface area contributed by atoms with Crippen LogP contribution < -0.4 is 5.73 Å². The van der Waals surface area contributed by atoms with E-state index in [1.54, 1.807) is 0 Å². The van der Waals surface area contributed by atoms with Crippen molar-refractivity contribution in [3.8, 4) is 0 Å². The Balaban J connectivity index is 1.93. The summed E-state index contributed by atoms with van der Waals surface area (Å²) in [7, 11) is 0. The number of rotatable bonds is 2. The molecule has 3 atom stereocenters. The Bertz CT molecular complexity index is 249. The Kier molecular flexibility index (Phi) is 4.42. The van der Waals surface area contributed by atoms with Crippen LogP contribution in [-0.4, -0.2) is 18.8 Å². The van der Waals surface area contributed by atoms with E-state index in [1.807, 2.05) is 0 Å². The second-order valence-electron chi connectivity index (χ2n) is 5.40. The van der Waals surface area contributed by atoms with Crippen LogP contribution in [-0.2, 0) is 4.74 Å². The predicted octanol–water partition coefficient (Wildman–Crippen LogP) is 3.02. The lowest BCUT2D eigenvalue weighted by Gasteiger charge is -2.22. The summed E-state index contributed by atoms with van der Waals surface area (Å²) in [5.41, 5.74) is 7.89. The van der Waals surface area contributed by atoms with Crippen LogP contribution in [0.1, 0.15) is 51.9 Å². The quantitative estimate of drug-likeness (QED) is 0.730. The fourth-order valence-electron chi connectivity index (χ4n) is 2.92. The second kappa shape index (κ2) is 5.83. The van der Waals surface area contributed by atoms with Crippen molar-refractivity contribution in [1.82, 2.24) is 0 Å². The number of allylic oxidation sites excluding steroid dienone is 1. The third-order valence-corrected chi connectivity index (χ3v) is 3.99. The van der Waals surface area contributed by atoms with Crippen LogP contribution >= 0.6 is 0 Å². The van der Waals surface area contributed by atoms with Crippen molar-refractivity contribution in [2.75, 3.05) is 6.61 Å². The van der Waals surface area contributed by atoms with Crippen LogP contribution in [0.15, 0.2) is 11.6 Å². The molecule has 2 nitrogen and oxygen atoms in total. The summed E-state index contributed by atoms with van der Waals surface area (Å²) in [4.78, 5) is 0. The number of nitrogens with two attached hydrogens (primary N) is 1. The Labute approximate surface area is 99.2 Å². The zero-order chi connectivity index (χ0) is 11.4. The van der Waals surface area contributed by atoms with Gasteiger partial charge in [-0.15, -0.1) is 0 Å². The molecule has 2 aliphatic rings. The Morgan fingerprint density at radius 2 is 2.12 bits per heavy atom. The van der Waals surface area contributed by atoms with E-state index in [9.17, 15) is 0 Å². The van der Waals surface area contributed by atoms with Gasteiger partial charge in [-0.25, -0.2) is 0 Å². The van der Waals surface area contributed by atoms with Crippen molar-refractivity contribution in [1.29, 1.82) is 0 Å². The van der Waals surface area contributed by atoms with E-state index in [0.717, 1.165) is 13.0 Å². The Morgan fingerprint density at radius 1 is 1.31 bits per heavy atom. The predicted molar refractivity (Wildman–Crippen MR) is 67.3 cm³/mol. The van der Waals surface area contributed by atoms with Crippen molar-refractivity contribution in [2.24, 2.45) is 11.7 Å². The molecule has 92 valence electrons. The van der Waals surface area contributed by atoms with E-state index in [1.165, 1.54) is 44.1 Å². The van der Waals surface area contributed by atoms with E-state index in [0.29, 0.717) is 12.0 Å². The molecular weight excluding hydrogens is 198 g/mol. The number of hydrogen-bond acceptors (Lipinski definition) is 2. The summed E-state index contributed by atoms with van der Waals surface area (Å²) in [5, 5.41) is 0. The van der Waals surface area contributed by atoms with Crippen molar-refractivity contribution in [3.05, 3.63) is 11.6 Å². The highest BCUT2D eigenvalue weighted by Gasteiger charge is 2.29. The maximum atomic E-state index is 6.39. The molecule has 0 spiro atoms. The van der Waals surface area contributed by atoms with Crippen molar-refractivity contribution >= 4 is 0 Å². The first-order valence-corrected chi connectivity index (χ1v) is 6.83. The van der Waals surface area contributed by atoms with Crippen LogP contribution in [0.5, 0.6) is 0 Å².